The van der Waals surface area contributed by atoms with Crippen LogP contribution in [0.4, 0.5) is 0 Å². The lowest BCUT2D eigenvalue weighted by Crippen LogP contribution is -2.51. The van der Waals surface area contributed by atoms with E-state index >= 15 is 0 Å². The van der Waals surface area contributed by atoms with Gasteiger partial charge in [-0.25, -0.2) is 4.79 Å². The molecule has 3 N–H and O–H groups in total. The Morgan fingerprint density at radius 1 is 1.05 bits per heavy atom. The summed E-state index contributed by atoms with van der Waals surface area (Å²) in [6.45, 7) is 2.73. The minimum atomic E-state index is -0.894. The Morgan fingerprint density at radius 3 is 2.51 bits per heavy atom. The van der Waals surface area contributed by atoms with Crippen molar-refractivity contribution >= 4 is 17.8 Å². The topological polar surface area (TPSA) is 135 Å². The van der Waals surface area contributed by atoms with Crippen LogP contribution in [0.15, 0.2) is 78.9 Å². The van der Waals surface area contributed by atoms with E-state index in [4.69, 9.17) is 20.5 Å². The third-order valence-corrected chi connectivity index (χ3v) is 6.91. The van der Waals surface area contributed by atoms with Crippen LogP contribution in [-0.2, 0) is 32.1 Å². The van der Waals surface area contributed by atoms with Crippen molar-refractivity contribution in [2.75, 3.05) is 13.2 Å². The molecule has 9 heteroatoms. The van der Waals surface area contributed by atoms with Gasteiger partial charge in [-0.15, -0.1) is 0 Å². The predicted molar refractivity (Wildman–Crippen MR) is 152 cm³/mol. The average molecular weight is 555 g/mol. The summed E-state index contributed by atoms with van der Waals surface area (Å²) in [6, 6.07) is 23.9. The molecule has 2 amide bonds. The van der Waals surface area contributed by atoms with Gasteiger partial charge in [-0.2, -0.15) is 5.26 Å². The quantitative estimate of drug-likeness (QED) is 0.347. The summed E-state index contributed by atoms with van der Waals surface area (Å²) in [6.07, 6.45) is 0.675. The Morgan fingerprint density at radius 2 is 1.80 bits per heavy atom. The third-order valence-electron chi connectivity index (χ3n) is 6.91. The van der Waals surface area contributed by atoms with Gasteiger partial charge in [0.25, 0.3) is 0 Å². The molecule has 41 heavy (non-hydrogen) atoms. The van der Waals surface area contributed by atoms with Gasteiger partial charge in [0.1, 0.15) is 11.8 Å². The molecule has 212 valence electrons. The number of ether oxygens (including phenoxy) is 2. The highest BCUT2D eigenvalue weighted by Crippen LogP contribution is 2.24. The maximum atomic E-state index is 13.1. The van der Waals surface area contributed by atoms with E-state index in [2.05, 4.69) is 11.4 Å². The first-order chi connectivity index (χ1) is 19.9. The highest BCUT2D eigenvalue weighted by Gasteiger charge is 2.36. The lowest BCUT2D eigenvalue weighted by Gasteiger charge is -2.27. The summed E-state index contributed by atoms with van der Waals surface area (Å²) < 4.78 is 11.1. The standard InChI is InChI=1S/C32H34N4O5/c1-2-40-32(39)29(25-10-4-3-5-11-25)41-26-15-13-22(14-16-26)21-35-30(37)28-12-7-17-36(28)31(38)27(34)19-23-8-6-9-24(18-23)20-33/h3-6,8-11,13-16,18,27-29H,2,7,12,17,19,21,34H2,1H3,(H,35,37)/t27-,28-,29?/m0/s1. The highest BCUT2D eigenvalue weighted by atomic mass is 16.6. The second-order valence-electron chi connectivity index (χ2n) is 9.83. The van der Waals surface area contributed by atoms with Crippen molar-refractivity contribution < 1.29 is 23.9 Å². The lowest BCUT2D eigenvalue weighted by molar-refractivity contribution is -0.151. The number of hydrogen-bond acceptors (Lipinski definition) is 7. The number of esters is 1. The van der Waals surface area contributed by atoms with Gasteiger partial charge < -0.3 is 25.4 Å². The van der Waals surface area contributed by atoms with Crippen molar-refractivity contribution in [2.24, 2.45) is 5.73 Å². The van der Waals surface area contributed by atoms with E-state index in [0.717, 1.165) is 17.5 Å². The third kappa shape index (κ3) is 7.71. The molecular formula is C32H34N4O5. The molecule has 3 aromatic carbocycles. The van der Waals surface area contributed by atoms with Crippen molar-refractivity contribution in [1.29, 1.82) is 5.26 Å². The fourth-order valence-corrected chi connectivity index (χ4v) is 4.85. The van der Waals surface area contributed by atoms with Gasteiger partial charge >= 0.3 is 5.97 Å². The number of benzene rings is 3. The van der Waals surface area contributed by atoms with Crippen LogP contribution in [0.3, 0.4) is 0 Å². The molecule has 9 nitrogen and oxygen atoms in total. The highest BCUT2D eigenvalue weighted by molar-refractivity contribution is 5.90. The molecule has 1 heterocycles. The van der Waals surface area contributed by atoms with E-state index in [1.807, 2.05) is 48.5 Å². The molecule has 1 fully saturated rings. The molecule has 0 bridgehead atoms. The molecule has 1 unspecified atom stereocenters. The van der Waals surface area contributed by atoms with Crippen LogP contribution in [0.2, 0.25) is 0 Å². The number of nitrogens with one attached hydrogen (secondary N) is 1. The van der Waals surface area contributed by atoms with Gasteiger partial charge in [-0.1, -0.05) is 54.6 Å². The molecule has 0 aromatic heterocycles. The second-order valence-corrected chi connectivity index (χ2v) is 9.83. The minimum absolute atomic E-state index is 0.235. The first-order valence-electron chi connectivity index (χ1n) is 13.7. The van der Waals surface area contributed by atoms with Crippen molar-refractivity contribution in [3.05, 3.63) is 101 Å². The molecule has 0 saturated carbocycles. The van der Waals surface area contributed by atoms with E-state index < -0.39 is 24.2 Å². The molecule has 3 aromatic rings. The zero-order valence-electron chi connectivity index (χ0n) is 23.0. The fourth-order valence-electron chi connectivity index (χ4n) is 4.85. The second kappa shape index (κ2) is 14.1. The van der Waals surface area contributed by atoms with E-state index in [-0.39, 0.29) is 31.4 Å². The molecule has 4 rings (SSSR count). The van der Waals surface area contributed by atoms with Gasteiger partial charge in [0.2, 0.25) is 17.9 Å². The Kier molecular flexibility index (Phi) is 10.1. The summed E-state index contributed by atoms with van der Waals surface area (Å²) in [5, 5.41) is 12.0. The number of hydrogen-bond donors (Lipinski definition) is 2. The van der Waals surface area contributed by atoms with E-state index in [0.29, 0.717) is 29.8 Å². The number of rotatable bonds is 11. The minimum Gasteiger partial charge on any atom is -0.474 e. The largest absolute Gasteiger partial charge is 0.474 e. The SMILES string of the molecule is CCOC(=O)C(Oc1ccc(CNC(=O)[C@@H]2CCCN2C(=O)[C@@H](N)Cc2cccc(C#N)c2)cc1)c1ccccc1. The molecule has 0 spiro atoms. The number of carbonyl (C=O) groups excluding carboxylic acids is 3. The van der Waals surface area contributed by atoms with E-state index in [1.165, 1.54) is 0 Å². The number of amides is 2. The van der Waals surface area contributed by atoms with Crippen LogP contribution in [0.25, 0.3) is 0 Å². The Bertz CT molecular complexity index is 1390. The summed E-state index contributed by atoms with van der Waals surface area (Å²) in [4.78, 5) is 40.2. The average Bonchev–Trinajstić information content (AvgIpc) is 3.49. The van der Waals surface area contributed by atoms with Gasteiger partial charge in [-0.05, 0) is 61.6 Å². The van der Waals surface area contributed by atoms with Gasteiger partial charge in [-0.3, -0.25) is 9.59 Å². The van der Waals surface area contributed by atoms with Crippen LogP contribution in [0.1, 0.15) is 48.1 Å². The first kappa shape index (κ1) is 29.3. The number of likely N-dealkylation sites (tertiary alicyclic amines) is 1. The maximum Gasteiger partial charge on any atom is 0.352 e. The summed E-state index contributed by atoms with van der Waals surface area (Å²) in [5.74, 6) is -0.493. The molecular weight excluding hydrogens is 520 g/mol. The van der Waals surface area contributed by atoms with Crippen molar-refractivity contribution in [3.63, 3.8) is 0 Å². The molecule has 1 aliphatic rings. The first-order valence-corrected chi connectivity index (χ1v) is 13.7. The molecule has 1 aliphatic heterocycles. The lowest BCUT2D eigenvalue weighted by atomic mass is 10.0. The molecule has 1 saturated heterocycles. The fraction of sp³-hybridized carbons (Fsp3) is 0.312. The van der Waals surface area contributed by atoms with E-state index in [1.54, 1.807) is 42.2 Å². The number of nitriles is 1. The summed E-state index contributed by atoms with van der Waals surface area (Å²) in [5.41, 5.74) is 9.06. The van der Waals surface area contributed by atoms with E-state index in [9.17, 15) is 14.4 Å². The maximum absolute atomic E-state index is 13.1. The normalized spacial score (nSPS) is 15.8. The number of nitrogens with two attached hydrogens (primary N) is 1. The van der Waals surface area contributed by atoms with Crippen LogP contribution >= 0.6 is 0 Å². The van der Waals surface area contributed by atoms with Crippen molar-refractivity contribution in [2.45, 2.75) is 50.9 Å². The van der Waals surface area contributed by atoms with Gasteiger partial charge in [0.05, 0.1) is 24.3 Å². The summed E-state index contributed by atoms with van der Waals surface area (Å²) >= 11 is 0. The van der Waals surface area contributed by atoms with Crippen LogP contribution in [-0.4, -0.2) is 47.9 Å². The van der Waals surface area contributed by atoms with Crippen LogP contribution in [0.5, 0.6) is 5.75 Å². The Hall–Kier alpha value is -4.68. The van der Waals surface area contributed by atoms with Crippen molar-refractivity contribution in [3.8, 4) is 11.8 Å². The number of nitrogens with zero attached hydrogens (tertiary/aromatic N) is 2. The smallest absolute Gasteiger partial charge is 0.352 e. The van der Waals surface area contributed by atoms with Gasteiger partial charge in [0.15, 0.2) is 0 Å². The predicted octanol–water partition coefficient (Wildman–Crippen LogP) is 3.42. The summed E-state index contributed by atoms with van der Waals surface area (Å²) in [7, 11) is 0. The van der Waals surface area contributed by atoms with Crippen LogP contribution in [0, 0.1) is 11.3 Å². The number of carbonyl (C=O) groups is 3. The zero-order chi connectivity index (χ0) is 29.2. The van der Waals surface area contributed by atoms with Crippen LogP contribution < -0.4 is 15.8 Å². The Labute approximate surface area is 239 Å². The Balaban J connectivity index is 1.32. The monoisotopic (exact) mass is 554 g/mol. The van der Waals surface area contributed by atoms with Gasteiger partial charge in [0, 0.05) is 18.7 Å². The van der Waals surface area contributed by atoms with Crippen molar-refractivity contribution in [1.82, 2.24) is 10.2 Å². The zero-order valence-corrected chi connectivity index (χ0v) is 23.0. The molecule has 0 radical (unpaired) electrons. The molecule has 3 atom stereocenters. The molecule has 0 aliphatic carbocycles.